The highest BCUT2D eigenvalue weighted by Gasteiger charge is 2.37. The molecule has 0 aliphatic carbocycles. The molecule has 156 valence electrons. The molecule has 1 aliphatic heterocycles. The van der Waals surface area contributed by atoms with E-state index in [1.807, 2.05) is 13.8 Å². The Labute approximate surface area is 174 Å². The zero-order chi connectivity index (χ0) is 21.9. The van der Waals surface area contributed by atoms with Crippen molar-refractivity contribution in [2.45, 2.75) is 20.3 Å². The van der Waals surface area contributed by atoms with Gasteiger partial charge in [-0.1, -0.05) is 18.2 Å². The lowest BCUT2D eigenvalue weighted by Gasteiger charge is -2.27. The lowest BCUT2D eigenvalue weighted by atomic mass is 9.93. The highest BCUT2D eigenvalue weighted by Crippen LogP contribution is 2.38. The normalized spacial score (nSPS) is 14.9. The molecule has 0 aromatic heterocycles. The minimum Gasteiger partial charge on any atom is -0.490 e. The molecule has 2 aromatic rings. The number of carbonyl (C=O) groups is 2. The standard InChI is InChI=1S/C22H23N3O5/c1-4-11-24-18-10-7-16(13-19(18)30-14-22(2,3)21(24)27)23-20(26)12-15-5-8-17(9-6-15)25(28)29/h4-10,13H,1,11-12,14H2,2-3H3,(H,23,26). The molecule has 2 amide bonds. The molecule has 8 nitrogen and oxygen atoms in total. The Balaban J connectivity index is 1.76. The summed E-state index contributed by atoms with van der Waals surface area (Å²) < 4.78 is 5.87. The van der Waals surface area contributed by atoms with Gasteiger partial charge in [0.1, 0.15) is 12.4 Å². The van der Waals surface area contributed by atoms with E-state index in [0.29, 0.717) is 29.2 Å². The lowest BCUT2D eigenvalue weighted by molar-refractivity contribution is -0.384. The van der Waals surface area contributed by atoms with Gasteiger partial charge in [-0.2, -0.15) is 0 Å². The summed E-state index contributed by atoms with van der Waals surface area (Å²) in [6.07, 6.45) is 1.73. The molecule has 1 aliphatic rings. The van der Waals surface area contributed by atoms with Crippen molar-refractivity contribution >= 4 is 28.9 Å². The van der Waals surface area contributed by atoms with E-state index in [0.717, 1.165) is 0 Å². The molecule has 0 saturated heterocycles. The number of hydrogen-bond donors (Lipinski definition) is 1. The molecule has 8 heteroatoms. The number of hydrogen-bond acceptors (Lipinski definition) is 5. The third-order valence-corrected chi connectivity index (χ3v) is 4.77. The number of ether oxygens (including phenoxy) is 1. The Morgan fingerprint density at radius 1 is 1.30 bits per heavy atom. The Morgan fingerprint density at radius 3 is 2.63 bits per heavy atom. The first-order valence-corrected chi connectivity index (χ1v) is 9.44. The molecule has 0 atom stereocenters. The molecule has 0 fully saturated rings. The van der Waals surface area contributed by atoms with Gasteiger partial charge in [-0.25, -0.2) is 0 Å². The van der Waals surface area contributed by atoms with Crippen LogP contribution in [0.3, 0.4) is 0 Å². The van der Waals surface area contributed by atoms with E-state index in [9.17, 15) is 19.7 Å². The van der Waals surface area contributed by atoms with Gasteiger partial charge in [0.2, 0.25) is 11.8 Å². The Hall–Kier alpha value is -3.68. The average Bonchev–Trinajstić information content (AvgIpc) is 2.79. The summed E-state index contributed by atoms with van der Waals surface area (Å²) in [6.45, 7) is 7.94. The van der Waals surface area contributed by atoms with E-state index < -0.39 is 10.3 Å². The van der Waals surface area contributed by atoms with Crippen molar-refractivity contribution in [2.75, 3.05) is 23.4 Å². The van der Waals surface area contributed by atoms with Crippen LogP contribution in [0.25, 0.3) is 0 Å². The summed E-state index contributed by atoms with van der Waals surface area (Å²) in [4.78, 5) is 37.1. The number of nitrogens with one attached hydrogen (secondary N) is 1. The topological polar surface area (TPSA) is 102 Å². The fraction of sp³-hybridized carbons (Fsp3) is 0.273. The summed E-state index contributed by atoms with van der Waals surface area (Å²) in [6, 6.07) is 11.0. The zero-order valence-electron chi connectivity index (χ0n) is 16.9. The molecule has 0 saturated carbocycles. The molecule has 0 unspecified atom stereocenters. The number of fused-ring (bicyclic) bond motifs is 1. The van der Waals surface area contributed by atoms with Crippen molar-refractivity contribution in [1.29, 1.82) is 0 Å². The SMILES string of the molecule is C=CCN1C(=O)C(C)(C)COc2cc(NC(=O)Cc3ccc([N+](=O)[O-])cc3)ccc21. The monoisotopic (exact) mass is 409 g/mol. The third-order valence-electron chi connectivity index (χ3n) is 4.77. The first-order chi connectivity index (χ1) is 14.2. The van der Waals surface area contributed by atoms with Crippen LogP contribution in [0.15, 0.2) is 55.1 Å². The smallest absolute Gasteiger partial charge is 0.269 e. The van der Waals surface area contributed by atoms with Gasteiger partial charge >= 0.3 is 0 Å². The number of anilines is 2. The van der Waals surface area contributed by atoms with Crippen molar-refractivity contribution < 1.29 is 19.2 Å². The number of rotatable bonds is 6. The summed E-state index contributed by atoms with van der Waals surface area (Å²) >= 11 is 0. The summed E-state index contributed by atoms with van der Waals surface area (Å²) in [7, 11) is 0. The molecule has 2 aromatic carbocycles. The van der Waals surface area contributed by atoms with Crippen molar-refractivity contribution in [2.24, 2.45) is 5.41 Å². The number of nitro benzene ring substituents is 1. The van der Waals surface area contributed by atoms with Crippen molar-refractivity contribution in [3.8, 4) is 5.75 Å². The second-order valence-corrected chi connectivity index (χ2v) is 7.71. The number of nitrogens with zero attached hydrogens (tertiary/aromatic N) is 2. The third kappa shape index (κ3) is 4.48. The maximum absolute atomic E-state index is 12.8. The number of nitro groups is 1. The number of non-ortho nitro benzene ring substituents is 1. The van der Waals surface area contributed by atoms with Gasteiger partial charge in [0.15, 0.2) is 0 Å². The van der Waals surface area contributed by atoms with E-state index >= 15 is 0 Å². The second kappa shape index (κ2) is 8.36. The highest BCUT2D eigenvalue weighted by atomic mass is 16.6. The van der Waals surface area contributed by atoms with Crippen LogP contribution in [0, 0.1) is 15.5 Å². The van der Waals surface area contributed by atoms with Crippen LogP contribution >= 0.6 is 0 Å². The van der Waals surface area contributed by atoms with Gasteiger partial charge in [-0.15, -0.1) is 6.58 Å². The van der Waals surface area contributed by atoms with Crippen LogP contribution in [0.5, 0.6) is 5.75 Å². The van der Waals surface area contributed by atoms with E-state index in [1.54, 1.807) is 41.3 Å². The molecule has 0 radical (unpaired) electrons. The molecule has 1 N–H and O–H groups in total. The predicted octanol–water partition coefficient (Wildman–Crippen LogP) is 3.71. The first kappa shape index (κ1) is 21.0. The van der Waals surface area contributed by atoms with E-state index in [1.165, 1.54) is 12.1 Å². The fourth-order valence-corrected chi connectivity index (χ4v) is 3.16. The molecular formula is C22H23N3O5. The summed E-state index contributed by atoms with van der Waals surface area (Å²) in [5.74, 6) is 0.178. The minimum atomic E-state index is -0.693. The zero-order valence-corrected chi connectivity index (χ0v) is 16.9. The van der Waals surface area contributed by atoms with E-state index in [4.69, 9.17) is 4.74 Å². The lowest BCUT2D eigenvalue weighted by Crippen LogP contribution is -2.42. The van der Waals surface area contributed by atoms with Crippen molar-refractivity contribution in [1.82, 2.24) is 0 Å². The molecular weight excluding hydrogens is 386 g/mol. The summed E-state index contributed by atoms with van der Waals surface area (Å²) in [5.41, 5.74) is 1.10. The molecule has 30 heavy (non-hydrogen) atoms. The maximum Gasteiger partial charge on any atom is 0.269 e. The van der Waals surface area contributed by atoms with Crippen LogP contribution in [-0.4, -0.2) is 29.9 Å². The maximum atomic E-state index is 12.8. The Bertz CT molecular complexity index is 998. The van der Waals surface area contributed by atoms with E-state index in [2.05, 4.69) is 11.9 Å². The van der Waals surface area contributed by atoms with Gasteiger partial charge in [-0.3, -0.25) is 19.7 Å². The van der Waals surface area contributed by atoms with Crippen molar-refractivity contribution in [3.05, 3.63) is 70.8 Å². The summed E-state index contributed by atoms with van der Waals surface area (Å²) in [5, 5.41) is 13.5. The van der Waals surface area contributed by atoms with Crippen LogP contribution in [0.1, 0.15) is 19.4 Å². The highest BCUT2D eigenvalue weighted by molar-refractivity contribution is 6.00. The van der Waals surface area contributed by atoms with Crippen molar-refractivity contribution in [3.63, 3.8) is 0 Å². The van der Waals surface area contributed by atoms with Crippen LogP contribution in [-0.2, 0) is 16.0 Å². The van der Waals surface area contributed by atoms with Crippen LogP contribution in [0.2, 0.25) is 0 Å². The number of amides is 2. The Kier molecular flexibility index (Phi) is 5.86. The van der Waals surface area contributed by atoms with Gasteiger partial charge in [0, 0.05) is 30.4 Å². The molecule has 0 spiro atoms. The quantitative estimate of drug-likeness (QED) is 0.445. The molecule has 1 heterocycles. The fourth-order valence-electron chi connectivity index (χ4n) is 3.16. The van der Waals surface area contributed by atoms with Gasteiger partial charge < -0.3 is 15.0 Å². The van der Waals surface area contributed by atoms with Gasteiger partial charge in [0.05, 0.1) is 22.4 Å². The average molecular weight is 409 g/mol. The van der Waals surface area contributed by atoms with Crippen LogP contribution in [0.4, 0.5) is 17.1 Å². The van der Waals surface area contributed by atoms with E-state index in [-0.39, 0.29) is 30.5 Å². The molecule has 3 rings (SSSR count). The molecule has 0 bridgehead atoms. The second-order valence-electron chi connectivity index (χ2n) is 7.71. The number of benzene rings is 2. The minimum absolute atomic E-state index is 0.0244. The largest absolute Gasteiger partial charge is 0.490 e. The Morgan fingerprint density at radius 2 is 2.00 bits per heavy atom. The van der Waals surface area contributed by atoms with Gasteiger partial charge in [0.25, 0.3) is 5.69 Å². The predicted molar refractivity (Wildman–Crippen MR) is 114 cm³/mol. The van der Waals surface area contributed by atoms with Gasteiger partial charge in [-0.05, 0) is 31.5 Å². The first-order valence-electron chi connectivity index (χ1n) is 9.44. The number of carbonyl (C=O) groups excluding carboxylic acids is 2. The van der Waals surface area contributed by atoms with Crippen LogP contribution < -0.4 is 15.0 Å².